The van der Waals surface area contributed by atoms with Crippen molar-refractivity contribution in [1.82, 2.24) is 51.9 Å². The number of nitrogens with two attached hydrogens (primary N) is 2. The number of nitrogens with zero attached hydrogens (tertiary/aromatic N) is 5. The molecule has 10 rings (SSSR count). The molecule has 1 saturated heterocycles. The topological polar surface area (TPSA) is 450 Å². The summed E-state index contributed by atoms with van der Waals surface area (Å²) in [5.74, 6) is 7.71. The molecular weight excluding hydrogens is 1840 g/mol. The van der Waals surface area contributed by atoms with Gasteiger partial charge in [0.15, 0.2) is 19.0 Å². The summed E-state index contributed by atoms with van der Waals surface area (Å²) in [7, 11) is -9.95. The number of carbonyl (C=O) groups excluding carboxylic acids is 4. The molecule has 6 atom stereocenters. The van der Waals surface area contributed by atoms with Crippen LogP contribution in [0.4, 0.5) is 19.2 Å². The van der Waals surface area contributed by atoms with E-state index in [0.717, 1.165) is 67.2 Å². The molecule has 6 aromatic carbocycles. The quantitative estimate of drug-likeness (QED) is 0.00562. The fourth-order valence-corrected chi connectivity index (χ4v) is 17.1. The summed E-state index contributed by atoms with van der Waals surface area (Å²) < 4.78 is 113. The Bertz CT molecular complexity index is 5210. The van der Waals surface area contributed by atoms with Gasteiger partial charge in [0.25, 0.3) is 0 Å². The smallest absolute Gasteiger partial charge is 0.422 e. The van der Waals surface area contributed by atoms with Crippen molar-refractivity contribution in [2.75, 3.05) is 78.4 Å². The summed E-state index contributed by atoms with van der Waals surface area (Å²) in [5.41, 5.74) is 23.1. The van der Waals surface area contributed by atoms with Gasteiger partial charge in [-0.25, -0.2) is 34.6 Å². The van der Waals surface area contributed by atoms with Gasteiger partial charge in [0, 0.05) is 74.0 Å². The van der Waals surface area contributed by atoms with Crippen LogP contribution in [0.25, 0.3) is 33.8 Å². The molecule has 38 heteroatoms. The van der Waals surface area contributed by atoms with Crippen LogP contribution in [-0.2, 0) is 103 Å². The molecule has 0 unspecified atom stereocenters. The van der Waals surface area contributed by atoms with Crippen LogP contribution in [0.5, 0.6) is 17.2 Å². The number of aromatic nitrogens is 3. The maximum Gasteiger partial charge on any atom is 0.422 e. The molecule has 1 aliphatic rings. The summed E-state index contributed by atoms with van der Waals surface area (Å²) >= 11 is 0. The first-order valence-electron chi connectivity index (χ1n) is 46.4. The van der Waals surface area contributed by atoms with Crippen molar-refractivity contribution < 1.29 is 108 Å². The molecule has 0 saturated carbocycles. The Kier molecular flexibility index (Phi) is 47.6. The molecule has 1 aliphatic heterocycles. The molecule has 4 amide bonds. The van der Waals surface area contributed by atoms with Gasteiger partial charge in [0.05, 0.1) is 87.6 Å². The predicted molar refractivity (Wildman–Crippen MR) is 535 cm³/mol. The molecule has 1 fully saturated rings. The SMILES string of the molecule is CC(C)(C)OC(=O)NNCc1ccc(-c2ccccn2)cc1.CCOP(=O)(COc1ccc(C[C@H](N)[C@@H](O)CN(N)Cc2ccc(-c3ccccn3)cc2)cc1)OCC.CCOP(=O)(COc1ccc(C[C@H](NC(=O)OC(C)(C)C)[C@@H](O)CN(Cc2ccc(-c3ccccn3)cc2)NC(=O)OC(C)(C)C)cc1)OCC.CCOP(=O)(COc1ccc(C[C@H](NC(=O)OC(C)(C)C)[C@H]2CO2)cc1)OCC. The maximum absolute atomic E-state index is 12.9. The lowest BCUT2D eigenvalue weighted by Gasteiger charge is -2.31. The molecule has 0 radical (unpaired) electrons. The molecule has 9 aromatic rings. The van der Waals surface area contributed by atoms with E-state index in [-0.39, 0.29) is 96.9 Å². The zero-order valence-corrected chi connectivity index (χ0v) is 85.9. The van der Waals surface area contributed by atoms with Gasteiger partial charge in [-0.2, -0.15) is 0 Å². The first kappa shape index (κ1) is 115. The number of aliphatic hydroxyl groups excluding tert-OH is 2. The van der Waals surface area contributed by atoms with Gasteiger partial charge in [-0.1, -0.05) is 127 Å². The average Bonchev–Trinajstić information content (AvgIpc) is 1.78. The third-order valence-electron chi connectivity index (χ3n) is 19.3. The largest absolute Gasteiger partial charge is 0.481 e. The number of ether oxygens (including phenoxy) is 8. The number of alkyl carbamates (subject to hydrolysis) is 2. The number of benzene rings is 6. The Morgan fingerprint density at radius 3 is 1.10 bits per heavy atom. The normalized spacial score (nSPS) is 13.9. The summed E-state index contributed by atoms with van der Waals surface area (Å²) in [6.45, 7) is 35.5. The zero-order chi connectivity index (χ0) is 102. The summed E-state index contributed by atoms with van der Waals surface area (Å²) in [5, 5.41) is 31.0. The summed E-state index contributed by atoms with van der Waals surface area (Å²) in [6, 6.07) is 61.1. The second kappa shape index (κ2) is 57.3. The van der Waals surface area contributed by atoms with Crippen LogP contribution >= 0.6 is 22.8 Å². The van der Waals surface area contributed by atoms with Crippen molar-refractivity contribution in [2.24, 2.45) is 11.6 Å². The van der Waals surface area contributed by atoms with Crippen molar-refractivity contribution in [3.8, 4) is 51.0 Å². The van der Waals surface area contributed by atoms with E-state index in [9.17, 15) is 43.1 Å². The lowest BCUT2D eigenvalue weighted by Crippen LogP contribution is -2.54. The molecule has 11 N–H and O–H groups in total. The Labute approximate surface area is 818 Å². The number of hydrazine groups is 3. The van der Waals surface area contributed by atoms with Gasteiger partial charge in [-0.3, -0.25) is 45.3 Å². The van der Waals surface area contributed by atoms with E-state index in [0.29, 0.717) is 49.8 Å². The van der Waals surface area contributed by atoms with Crippen molar-refractivity contribution in [3.63, 3.8) is 0 Å². The van der Waals surface area contributed by atoms with Crippen LogP contribution in [0.15, 0.2) is 219 Å². The van der Waals surface area contributed by atoms with E-state index in [1.165, 1.54) is 0 Å². The molecule has 139 heavy (non-hydrogen) atoms. The van der Waals surface area contributed by atoms with Crippen molar-refractivity contribution in [1.29, 1.82) is 0 Å². The number of amides is 4. The van der Waals surface area contributed by atoms with Crippen molar-refractivity contribution in [3.05, 3.63) is 252 Å². The molecule has 4 heterocycles. The number of aliphatic hydroxyl groups is 2. The van der Waals surface area contributed by atoms with Gasteiger partial charge in [-0.05, 0) is 250 Å². The maximum atomic E-state index is 12.9. The van der Waals surface area contributed by atoms with E-state index in [1.807, 2.05) is 193 Å². The highest BCUT2D eigenvalue weighted by Crippen LogP contribution is 2.50. The van der Waals surface area contributed by atoms with Crippen LogP contribution < -0.4 is 52.7 Å². The van der Waals surface area contributed by atoms with Gasteiger partial charge >= 0.3 is 47.2 Å². The predicted octanol–water partition coefficient (Wildman–Crippen LogP) is 18.4. The van der Waals surface area contributed by atoms with Crippen molar-refractivity contribution in [2.45, 2.75) is 222 Å². The lowest BCUT2D eigenvalue weighted by molar-refractivity contribution is 0.0105. The van der Waals surface area contributed by atoms with Crippen molar-refractivity contribution >= 4 is 47.2 Å². The first-order valence-corrected chi connectivity index (χ1v) is 51.5. The van der Waals surface area contributed by atoms with Crippen LogP contribution in [0.1, 0.15) is 158 Å². The third-order valence-corrected chi connectivity index (χ3v) is 24.6. The minimum Gasteiger partial charge on any atom is -0.481 e. The molecule has 0 bridgehead atoms. The Morgan fingerprint density at radius 2 is 0.748 bits per heavy atom. The number of epoxide rings is 1. The Hall–Kier alpha value is -10.6. The second-order valence-electron chi connectivity index (χ2n) is 36.0. The van der Waals surface area contributed by atoms with Gasteiger partial charge < -0.3 is 91.6 Å². The monoisotopic (exact) mass is 1980 g/mol. The lowest BCUT2D eigenvalue weighted by atomic mass is 10.0. The molecule has 0 spiro atoms. The van der Waals surface area contributed by atoms with Crippen LogP contribution in [0, 0.1) is 0 Å². The Balaban J connectivity index is 0.000000264. The van der Waals surface area contributed by atoms with E-state index in [4.69, 9.17) is 76.6 Å². The second-order valence-corrected chi connectivity index (χ2v) is 42.0. The minimum atomic E-state index is -3.41. The number of hydrogen-bond acceptors (Lipinski definition) is 31. The first-order chi connectivity index (χ1) is 65.9. The number of rotatable bonds is 47. The standard InChI is InChI=1S/C37H53N4O9P.C27H37N4O5P.C20H32NO7P.C17H21N3O2/c1-9-47-51(45,48-10-2)26-46-30-20-16-27(17-21-30)23-32(39-34(43)49-36(3,4)5)33(42)25-41(40-35(44)50-37(6,7)8)24-28-14-18-29(19-15-28)31-13-11-12-22-38-31;1-3-35-37(33,36-4-2)20-34-24-14-10-21(11-15-24)17-25(28)27(32)19-31(29)18-22-8-12-23(13-9-22)26-7-5-6-16-30-26;1-6-26-29(23,27-7-2)14-25-16-10-8-15(9-11-16)12-17(18-13-24-18)21-19(22)28-20(3,4)5;1-17(2,3)22-16(21)20-19-12-13-7-9-14(10-8-13)15-6-4-5-11-18-15/h11-22,32-33,42H,9-10,23-26H2,1-8H3,(H,39,43)(H,40,44);5-16,25,27,32H,3-4,17-20,28-29H2,1-2H3;8-11,17-18H,6-7,12-14H2,1-5H3,(H,21,22);4-11,19H,12H2,1-3H3,(H,20,21)/t32-,33-;25-,27-;17-,18+;/m000./s1. The number of hydrogen-bond donors (Lipinski definition) is 9. The molecular formula is C101H143N12O23P3. The minimum absolute atomic E-state index is 0.0123. The fraction of sp³-hybridized carbons (Fsp3) is 0.455. The number of nitrogens with one attached hydrogen (secondary N) is 5. The van der Waals surface area contributed by atoms with Crippen LogP contribution in [-0.4, -0.2) is 197 Å². The van der Waals surface area contributed by atoms with Crippen LogP contribution in [0.3, 0.4) is 0 Å². The van der Waals surface area contributed by atoms with E-state index >= 15 is 0 Å². The fourth-order valence-electron chi connectivity index (χ4n) is 13.1. The molecule has 760 valence electrons. The Morgan fingerprint density at radius 1 is 0.417 bits per heavy atom. The zero-order valence-electron chi connectivity index (χ0n) is 83.2. The van der Waals surface area contributed by atoms with E-state index in [1.54, 1.807) is 160 Å². The molecule has 0 aliphatic carbocycles. The molecule has 3 aromatic heterocycles. The van der Waals surface area contributed by atoms with E-state index in [2.05, 4.69) is 41.9 Å². The van der Waals surface area contributed by atoms with Gasteiger partial charge in [0.2, 0.25) is 0 Å². The van der Waals surface area contributed by atoms with Gasteiger partial charge in [0.1, 0.15) is 45.8 Å². The summed E-state index contributed by atoms with van der Waals surface area (Å²) in [4.78, 5) is 62.5. The number of pyridine rings is 3. The van der Waals surface area contributed by atoms with Crippen LogP contribution in [0.2, 0.25) is 0 Å². The average molecular weight is 1990 g/mol. The molecule has 35 nitrogen and oxygen atoms in total. The van der Waals surface area contributed by atoms with Gasteiger partial charge in [-0.15, -0.1) is 0 Å². The number of carbonyl (C=O) groups is 4. The highest BCUT2D eigenvalue weighted by molar-refractivity contribution is 7.54. The highest BCUT2D eigenvalue weighted by atomic mass is 31.2. The third kappa shape index (κ3) is 46.1. The highest BCUT2D eigenvalue weighted by Gasteiger charge is 2.36. The van der Waals surface area contributed by atoms with E-state index < -0.39 is 93.9 Å². The summed E-state index contributed by atoms with van der Waals surface area (Å²) in [6.07, 6.45) is 1.64.